The van der Waals surface area contributed by atoms with Gasteiger partial charge in [0.15, 0.2) is 5.69 Å². The summed E-state index contributed by atoms with van der Waals surface area (Å²) in [5.74, 6) is -1.11. The zero-order chi connectivity index (χ0) is 21.2. The standard InChI is InChI=1S/C21H18F3N3O2/c1-13(2)10-11-27-17-9-4-3-8-16(17)18(20(27)29)25-26-19(28)14-6-5-7-15(12-14)21(22,23)24/h3-10,12,29H,11H2,1-2H3. The lowest BCUT2D eigenvalue weighted by molar-refractivity contribution is -0.137. The minimum absolute atomic E-state index is 0.0862. The molecule has 0 aliphatic carbocycles. The number of hydrogen-bond donors (Lipinski definition) is 1. The summed E-state index contributed by atoms with van der Waals surface area (Å²) in [6.45, 7) is 4.25. The highest BCUT2D eigenvalue weighted by Crippen LogP contribution is 2.39. The van der Waals surface area contributed by atoms with Crippen LogP contribution in [-0.4, -0.2) is 15.6 Å². The number of benzene rings is 2. The first-order valence-corrected chi connectivity index (χ1v) is 8.75. The van der Waals surface area contributed by atoms with Crippen molar-refractivity contribution >= 4 is 22.5 Å². The second-order valence-corrected chi connectivity index (χ2v) is 6.67. The summed E-state index contributed by atoms with van der Waals surface area (Å²) < 4.78 is 40.1. The first-order chi connectivity index (χ1) is 13.7. The van der Waals surface area contributed by atoms with E-state index >= 15 is 0 Å². The summed E-state index contributed by atoms with van der Waals surface area (Å²) >= 11 is 0. The van der Waals surface area contributed by atoms with Crippen LogP contribution < -0.4 is 0 Å². The number of carbonyl (C=O) groups is 1. The van der Waals surface area contributed by atoms with Crippen molar-refractivity contribution in [1.29, 1.82) is 0 Å². The van der Waals surface area contributed by atoms with Crippen LogP contribution >= 0.6 is 0 Å². The van der Waals surface area contributed by atoms with Crippen molar-refractivity contribution in [3.63, 3.8) is 0 Å². The molecule has 0 unspecified atom stereocenters. The number of azo groups is 1. The van der Waals surface area contributed by atoms with E-state index in [1.165, 1.54) is 6.07 Å². The van der Waals surface area contributed by atoms with Crippen molar-refractivity contribution in [2.24, 2.45) is 10.2 Å². The van der Waals surface area contributed by atoms with Gasteiger partial charge in [0.1, 0.15) is 0 Å². The summed E-state index contributed by atoms with van der Waals surface area (Å²) in [7, 11) is 0. The molecule has 0 saturated heterocycles. The van der Waals surface area contributed by atoms with Crippen LogP contribution in [0.1, 0.15) is 29.8 Å². The average Bonchev–Trinajstić information content (AvgIpc) is 2.94. The molecule has 5 nitrogen and oxygen atoms in total. The van der Waals surface area contributed by atoms with Gasteiger partial charge in [-0.15, -0.1) is 10.2 Å². The topological polar surface area (TPSA) is 66.9 Å². The quantitative estimate of drug-likeness (QED) is 0.414. The number of allylic oxidation sites excluding steroid dienone is 2. The van der Waals surface area contributed by atoms with Crippen LogP contribution in [0.2, 0.25) is 0 Å². The van der Waals surface area contributed by atoms with Gasteiger partial charge in [0.05, 0.1) is 11.1 Å². The molecule has 29 heavy (non-hydrogen) atoms. The van der Waals surface area contributed by atoms with E-state index in [9.17, 15) is 23.1 Å². The predicted octanol–water partition coefficient (Wildman–Crippen LogP) is 6.26. The lowest BCUT2D eigenvalue weighted by atomic mass is 10.1. The summed E-state index contributed by atoms with van der Waals surface area (Å²) in [5, 5.41) is 18.5. The molecule has 0 aliphatic heterocycles. The number of aromatic nitrogens is 1. The molecule has 1 amide bonds. The Morgan fingerprint density at radius 2 is 1.86 bits per heavy atom. The maximum absolute atomic E-state index is 12.8. The van der Waals surface area contributed by atoms with Gasteiger partial charge in [-0.1, -0.05) is 35.9 Å². The number of rotatable bonds is 4. The molecular formula is C21H18F3N3O2. The molecule has 3 aromatic rings. The Morgan fingerprint density at radius 1 is 1.14 bits per heavy atom. The van der Waals surface area contributed by atoms with Crippen molar-refractivity contribution in [2.75, 3.05) is 0 Å². The van der Waals surface area contributed by atoms with E-state index in [4.69, 9.17) is 0 Å². The third-order valence-electron chi connectivity index (χ3n) is 4.28. The number of carbonyl (C=O) groups excluding carboxylic acids is 1. The summed E-state index contributed by atoms with van der Waals surface area (Å²) in [6.07, 6.45) is -2.65. The number of nitrogens with zero attached hydrogens (tertiary/aromatic N) is 3. The molecule has 0 saturated carbocycles. The average molecular weight is 401 g/mol. The van der Waals surface area contributed by atoms with E-state index in [1.54, 1.807) is 28.8 Å². The normalized spacial score (nSPS) is 11.9. The predicted molar refractivity (Wildman–Crippen MR) is 103 cm³/mol. The number of hydrogen-bond acceptors (Lipinski definition) is 3. The molecular weight excluding hydrogens is 383 g/mol. The maximum atomic E-state index is 12.8. The summed E-state index contributed by atoms with van der Waals surface area (Å²) in [5.41, 5.74) is 0.659. The van der Waals surface area contributed by atoms with E-state index in [0.717, 1.165) is 23.8 Å². The fourth-order valence-corrected chi connectivity index (χ4v) is 2.81. The fraction of sp³-hybridized carbons (Fsp3) is 0.190. The number of alkyl halides is 3. The largest absolute Gasteiger partial charge is 0.493 e. The minimum Gasteiger partial charge on any atom is -0.493 e. The van der Waals surface area contributed by atoms with Crippen LogP contribution in [0.5, 0.6) is 5.88 Å². The SMILES string of the molecule is CC(C)=CCn1c(O)c(N=NC(=O)c2cccc(C(F)(F)F)c2)c2ccccc21. The molecule has 150 valence electrons. The first kappa shape index (κ1) is 20.3. The van der Waals surface area contributed by atoms with Crippen LogP contribution in [0.25, 0.3) is 10.9 Å². The number of amides is 1. The smallest absolute Gasteiger partial charge is 0.416 e. The van der Waals surface area contributed by atoms with E-state index < -0.39 is 17.6 Å². The Kier molecular flexibility index (Phi) is 5.54. The molecule has 0 aliphatic rings. The van der Waals surface area contributed by atoms with Gasteiger partial charge in [-0.05, 0) is 38.1 Å². The van der Waals surface area contributed by atoms with Gasteiger partial charge in [0, 0.05) is 17.5 Å². The molecule has 8 heteroatoms. The maximum Gasteiger partial charge on any atom is 0.416 e. The van der Waals surface area contributed by atoms with Gasteiger partial charge in [0.25, 0.3) is 5.91 Å². The fourth-order valence-electron chi connectivity index (χ4n) is 2.81. The second-order valence-electron chi connectivity index (χ2n) is 6.67. The molecule has 0 radical (unpaired) electrons. The second kappa shape index (κ2) is 7.90. The third kappa shape index (κ3) is 4.37. The van der Waals surface area contributed by atoms with E-state index in [2.05, 4.69) is 10.2 Å². The van der Waals surface area contributed by atoms with E-state index in [1.807, 2.05) is 19.9 Å². The highest BCUT2D eigenvalue weighted by atomic mass is 19.4. The van der Waals surface area contributed by atoms with Gasteiger partial charge in [-0.3, -0.25) is 4.79 Å². The lowest BCUT2D eigenvalue weighted by Crippen LogP contribution is -2.06. The van der Waals surface area contributed by atoms with Gasteiger partial charge < -0.3 is 9.67 Å². The van der Waals surface area contributed by atoms with Crippen molar-refractivity contribution < 1.29 is 23.1 Å². The first-order valence-electron chi connectivity index (χ1n) is 8.75. The van der Waals surface area contributed by atoms with Gasteiger partial charge >= 0.3 is 6.18 Å². The lowest BCUT2D eigenvalue weighted by Gasteiger charge is -2.06. The Bertz CT molecular complexity index is 1120. The zero-order valence-electron chi connectivity index (χ0n) is 15.7. The summed E-state index contributed by atoms with van der Waals surface area (Å²) in [4.78, 5) is 12.2. The number of aromatic hydroxyl groups is 1. The Labute approximate surface area is 164 Å². The third-order valence-corrected chi connectivity index (χ3v) is 4.28. The van der Waals surface area contributed by atoms with E-state index in [-0.39, 0.29) is 17.1 Å². The monoisotopic (exact) mass is 401 g/mol. The van der Waals surface area contributed by atoms with Gasteiger partial charge in [0.2, 0.25) is 5.88 Å². The van der Waals surface area contributed by atoms with Crippen LogP contribution in [0.3, 0.4) is 0 Å². The molecule has 1 aromatic heterocycles. The molecule has 0 atom stereocenters. The van der Waals surface area contributed by atoms with Crippen LogP contribution in [0.15, 0.2) is 70.4 Å². The molecule has 1 N–H and O–H groups in total. The summed E-state index contributed by atoms with van der Waals surface area (Å²) in [6, 6.07) is 11.0. The molecule has 0 fully saturated rings. The highest BCUT2D eigenvalue weighted by Gasteiger charge is 2.30. The van der Waals surface area contributed by atoms with Crippen LogP contribution in [0, 0.1) is 0 Å². The number of fused-ring (bicyclic) bond motifs is 1. The minimum atomic E-state index is -4.57. The van der Waals surface area contributed by atoms with Crippen molar-refractivity contribution in [3.05, 3.63) is 71.3 Å². The van der Waals surface area contributed by atoms with Crippen LogP contribution in [-0.2, 0) is 12.7 Å². The van der Waals surface area contributed by atoms with Crippen molar-refractivity contribution in [1.82, 2.24) is 4.57 Å². The molecule has 2 aromatic carbocycles. The van der Waals surface area contributed by atoms with Gasteiger partial charge in [-0.2, -0.15) is 13.2 Å². The van der Waals surface area contributed by atoms with E-state index in [0.29, 0.717) is 17.4 Å². The van der Waals surface area contributed by atoms with Gasteiger partial charge in [-0.25, -0.2) is 0 Å². The molecule has 3 rings (SSSR count). The Hall–Kier alpha value is -3.42. The van der Waals surface area contributed by atoms with Crippen molar-refractivity contribution in [3.8, 4) is 5.88 Å². The van der Waals surface area contributed by atoms with Crippen molar-refractivity contribution in [2.45, 2.75) is 26.6 Å². The zero-order valence-corrected chi connectivity index (χ0v) is 15.7. The highest BCUT2D eigenvalue weighted by molar-refractivity contribution is 5.97. The Balaban J connectivity index is 1.98. The number of para-hydroxylation sites is 1. The molecule has 0 spiro atoms. The molecule has 1 heterocycles. The van der Waals surface area contributed by atoms with Crippen LogP contribution in [0.4, 0.5) is 18.9 Å². The molecule has 0 bridgehead atoms. The number of halogens is 3. The Morgan fingerprint density at radius 3 is 2.55 bits per heavy atom.